The fourth-order valence-electron chi connectivity index (χ4n) is 3.87. The first-order chi connectivity index (χ1) is 15.2. The normalized spacial score (nSPS) is 14.9. The van der Waals surface area contributed by atoms with Crippen LogP contribution in [0.3, 0.4) is 0 Å². The van der Waals surface area contributed by atoms with Crippen LogP contribution in [0.15, 0.2) is 84.1 Å². The van der Waals surface area contributed by atoms with Crippen molar-refractivity contribution in [3.8, 4) is 0 Å². The number of anilines is 2. The molecule has 2 heterocycles. The SMILES string of the molecule is CO/N=C(\c1ccccn1)C1CCN(C(=O)c2ccc(Nc3ccccc3)cc2)CC1. The molecule has 0 unspecified atom stereocenters. The highest BCUT2D eigenvalue weighted by Gasteiger charge is 2.28. The Morgan fingerprint density at radius 3 is 2.29 bits per heavy atom. The number of hydrogen-bond donors (Lipinski definition) is 1. The summed E-state index contributed by atoms with van der Waals surface area (Å²) in [6.07, 6.45) is 3.42. The average molecular weight is 415 g/mol. The third-order valence-electron chi connectivity index (χ3n) is 5.48. The van der Waals surface area contributed by atoms with Crippen molar-refractivity contribution in [1.82, 2.24) is 9.88 Å². The van der Waals surface area contributed by atoms with E-state index in [0.717, 1.165) is 35.6 Å². The summed E-state index contributed by atoms with van der Waals surface area (Å²) in [6.45, 7) is 1.37. The molecule has 2 aromatic carbocycles. The molecule has 1 aliphatic rings. The first-order valence-corrected chi connectivity index (χ1v) is 10.5. The standard InChI is InChI=1S/C25H26N4O2/c1-31-28-24(23-9-5-6-16-26-23)19-14-17-29(18-15-19)25(30)20-10-12-22(13-11-20)27-21-7-3-2-4-8-21/h2-13,16,19,27H,14-15,17-18H2,1H3/b28-24-. The van der Waals surface area contributed by atoms with Crippen LogP contribution in [0.2, 0.25) is 0 Å². The minimum Gasteiger partial charge on any atom is -0.399 e. The molecule has 0 aliphatic carbocycles. The Labute approximate surface area is 182 Å². The van der Waals surface area contributed by atoms with Crippen molar-refractivity contribution in [2.24, 2.45) is 11.1 Å². The van der Waals surface area contributed by atoms with E-state index in [-0.39, 0.29) is 11.8 Å². The van der Waals surface area contributed by atoms with Crippen molar-refractivity contribution >= 4 is 23.0 Å². The van der Waals surface area contributed by atoms with Gasteiger partial charge >= 0.3 is 0 Å². The van der Waals surface area contributed by atoms with Crippen LogP contribution >= 0.6 is 0 Å². The van der Waals surface area contributed by atoms with Gasteiger partial charge in [-0.2, -0.15) is 0 Å². The van der Waals surface area contributed by atoms with Crippen LogP contribution < -0.4 is 5.32 Å². The Kier molecular flexibility index (Phi) is 6.57. The predicted molar refractivity (Wildman–Crippen MR) is 123 cm³/mol. The lowest BCUT2D eigenvalue weighted by atomic mass is 9.89. The summed E-state index contributed by atoms with van der Waals surface area (Å²) < 4.78 is 0. The number of piperidine rings is 1. The average Bonchev–Trinajstić information content (AvgIpc) is 2.84. The van der Waals surface area contributed by atoms with Gasteiger partial charge in [-0.15, -0.1) is 0 Å². The van der Waals surface area contributed by atoms with E-state index in [1.165, 1.54) is 0 Å². The van der Waals surface area contributed by atoms with E-state index >= 15 is 0 Å². The zero-order valence-corrected chi connectivity index (χ0v) is 17.6. The van der Waals surface area contributed by atoms with Crippen LogP contribution in [0.25, 0.3) is 0 Å². The van der Waals surface area contributed by atoms with Crippen molar-refractivity contribution in [3.63, 3.8) is 0 Å². The first-order valence-electron chi connectivity index (χ1n) is 10.5. The predicted octanol–water partition coefficient (Wildman–Crippen LogP) is 4.73. The van der Waals surface area contributed by atoms with E-state index in [4.69, 9.17) is 4.84 Å². The maximum Gasteiger partial charge on any atom is 0.253 e. The number of pyridine rings is 1. The summed E-state index contributed by atoms with van der Waals surface area (Å²) in [6, 6.07) is 23.4. The number of amides is 1. The summed E-state index contributed by atoms with van der Waals surface area (Å²) >= 11 is 0. The van der Waals surface area contributed by atoms with Gasteiger partial charge in [-0.1, -0.05) is 29.4 Å². The maximum atomic E-state index is 13.0. The molecule has 3 aromatic rings. The highest BCUT2D eigenvalue weighted by atomic mass is 16.6. The molecule has 6 heteroatoms. The topological polar surface area (TPSA) is 66.8 Å². The molecule has 1 amide bonds. The lowest BCUT2D eigenvalue weighted by molar-refractivity contribution is 0.0709. The fraction of sp³-hybridized carbons (Fsp3) is 0.240. The summed E-state index contributed by atoms with van der Waals surface area (Å²) in [5.74, 6) is 0.282. The first kappa shape index (κ1) is 20.6. The second kappa shape index (κ2) is 9.89. The minimum atomic E-state index is 0.0628. The monoisotopic (exact) mass is 414 g/mol. The molecule has 158 valence electrons. The third-order valence-corrected chi connectivity index (χ3v) is 5.48. The number of rotatable bonds is 6. The van der Waals surface area contributed by atoms with Gasteiger partial charge in [-0.25, -0.2) is 0 Å². The number of nitrogens with one attached hydrogen (secondary N) is 1. The van der Waals surface area contributed by atoms with Gasteiger partial charge in [-0.3, -0.25) is 9.78 Å². The number of hydrogen-bond acceptors (Lipinski definition) is 5. The van der Waals surface area contributed by atoms with Crippen molar-refractivity contribution < 1.29 is 9.63 Å². The van der Waals surface area contributed by atoms with E-state index in [1.54, 1.807) is 13.3 Å². The molecule has 1 saturated heterocycles. The van der Waals surface area contributed by atoms with E-state index < -0.39 is 0 Å². The lowest BCUT2D eigenvalue weighted by Gasteiger charge is -2.32. The molecule has 6 nitrogen and oxygen atoms in total. The zero-order valence-electron chi connectivity index (χ0n) is 17.6. The van der Waals surface area contributed by atoms with Gasteiger partial charge in [0.15, 0.2) is 0 Å². The molecular weight excluding hydrogens is 388 g/mol. The Morgan fingerprint density at radius 2 is 1.65 bits per heavy atom. The summed E-state index contributed by atoms with van der Waals surface area (Å²) in [5, 5.41) is 7.57. The van der Waals surface area contributed by atoms with Gasteiger partial charge in [0.1, 0.15) is 12.8 Å². The summed E-state index contributed by atoms with van der Waals surface area (Å²) in [4.78, 5) is 24.4. The van der Waals surface area contributed by atoms with Crippen molar-refractivity contribution in [2.45, 2.75) is 12.8 Å². The van der Waals surface area contributed by atoms with Crippen molar-refractivity contribution in [1.29, 1.82) is 0 Å². The Balaban J connectivity index is 1.37. The fourth-order valence-corrected chi connectivity index (χ4v) is 3.87. The molecule has 0 bridgehead atoms. The maximum absolute atomic E-state index is 13.0. The van der Waals surface area contributed by atoms with E-state index in [1.807, 2.05) is 77.7 Å². The molecule has 0 spiro atoms. The molecule has 31 heavy (non-hydrogen) atoms. The Bertz CT molecular complexity index is 1010. The molecule has 4 rings (SSSR count). The van der Waals surface area contributed by atoms with Crippen LogP contribution in [0.5, 0.6) is 0 Å². The number of para-hydroxylation sites is 1. The number of oxime groups is 1. The van der Waals surface area contributed by atoms with E-state index in [2.05, 4.69) is 15.5 Å². The number of benzene rings is 2. The van der Waals surface area contributed by atoms with Crippen LogP contribution in [0.1, 0.15) is 28.9 Å². The number of likely N-dealkylation sites (tertiary alicyclic amines) is 1. The molecule has 0 atom stereocenters. The highest BCUT2D eigenvalue weighted by Crippen LogP contribution is 2.24. The van der Waals surface area contributed by atoms with Crippen LogP contribution in [0, 0.1) is 5.92 Å². The number of nitrogens with zero attached hydrogens (tertiary/aromatic N) is 3. The molecule has 1 fully saturated rings. The zero-order chi connectivity index (χ0) is 21.5. The van der Waals surface area contributed by atoms with Gasteiger partial charge in [0.05, 0.1) is 5.69 Å². The third kappa shape index (κ3) is 5.09. The Hall–Kier alpha value is -3.67. The van der Waals surface area contributed by atoms with Gasteiger partial charge in [0, 0.05) is 42.1 Å². The van der Waals surface area contributed by atoms with Gasteiger partial charge in [0.2, 0.25) is 0 Å². The number of carbonyl (C=O) groups is 1. The van der Waals surface area contributed by atoms with Crippen LogP contribution in [-0.2, 0) is 4.84 Å². The molecule has 1 N–H and O–H groups in total. The van der Waals surface area contributed by atoms with Gasteiger partial charge < -0.3 is 15.1 Å². The smallest absolute Gasteiger partial charge is 0.253 e. The highest BCUT2D eigenvalue weighted by molar-refractivity contribution is 6.00. The second-order valence-electron chi connectivity index (χ2n) is 7.51. The van der Waals surface area contributed by atoms with Crippen molar-refractivity contribution in [2.75, 3.05) is 25.5 Å². The summed E-state index contributed by atoms with van der Waals surface area (Å²) in [7, 11) is 1.55. The number of aromatic nitrogens is 1. The van der Waals surface area contributed by atoms with E-state index in [9.17, 15) is 4.79 Å². The molecule has 1 aromatic heterocycles. The van der Waals surface area contributed by atoms with Crippen LogP contribution in [-0.4, -0.2) is 41.7 Å². The van der Waals surface area contributed by atoms with Crippen molar-refractivity contribution in [3.05, 3.63) is 90.3 Å². The number of carbonyl (C=O) groups excluding carboxylic acids is 1. The molecule has 0 saturated carbocycles. The molecule has 1 aliphatic heterocycles. The van der Waals surface area contributed by atoms with Gasteiger partial charge in [0.25, 0.3) is 5.91 Å². The lowest BCUT2D eigenvalue weighted by Crippen LogP contribution is -2.40. The minimum absolute atomic E-state index is 0.0628. The van der Waals surface area contributed by atoms with Gasteiger partial charge in [-0.05, 0) is 61.4 Å². The largest absolute Gasteiger partial charge is 0.399 e. The molecule has 0 radical (unpaired) electrons. The Morgan fingerprint density at radius 1 is 0.968 bits per heavy atom. The van der Waals surface area contributed by atoms with E-state index in [0.29, 0.717) is 18.7 Å². The molecular formula is C25H26N4O2. The van der Waals surface area contributed by atoms with Crippen LogP contribution in [0.4, 0.5) is 11.4 Å². The second-order valence-corrected chi connectivity index (χ2v) is 7.51. The summed E-state index contributed by atoms with van der Waals surface area (Å²) in [5.41, 5.74) is 4.36. The quantitative estimate of drug-likeness (QED) is 0.468.